The van der Waals surface area contributed by atoms with E-state index in [0.717, 1.165) is 32.5 Å². The van der Waals surface area contributed by atoms with Crippen LogP contribution < -0.4 is 5.32 Å². The van der Waals surface area contributed by atoms with Crippen LogP contribution in [-0.4, -0.2) is 37.9 Å². The maximum absolute atomic E-state index is 12.2. The van der Waals surface area contributed by atoms with Gasteiger partial charge in [-0.05, 0) is 33.6 Å². The molecule has 0 aliphatic carbocycles. The van der Waals surface area contributed by atoms with Gasteiger partial charge >= 0.3 is 5.97 Å². The van der Waals surface area contributed by atoms with Crippen molar-refractivity contribution in [2.75, 3.05) is 26.3 Å². The lowest BCUT2D eigenvalue weighted by molar-refractivity contribution is -0.166. The predicted molar refractivity (Wildman–Crippen MR) is 64.7 cm³/mol. The number of hydrogen-bond donors (Lipinski definition) is 1. The van der Waals surface area contributed by atoms with Gasteiger partial charge in [0.15, 0.2) is 0 Å². The first-order valence-electron chi connectivity index (χ1n) is 6.44. The maximum Gasteiger partial charge on any atom is 0.311 e. The van der Waals surface area contributed by atoms with Gasteiger partial charge in [0.2, 0.25) is 0 Å². The first-order valence-corrected chi connectivity index (χ1v) is 6.44. The molecule has 0 aromatic carbocycles. The summed E-state index contributed by atoms with van der Waals surface area (Å²) in [5, 5.41) is 3.32. The van der Waals surface area contributed by atoms with Gasteiger partial charge in [0.05, 0.1) is 12.5 Å². The zero-order chi connectivity index (χ0) is 12.5. The third-order valence-corrected chi connectivity index (χ3v) is 3.61. The summed E-state index contributed by atoms with van der Waals surface area (Å²) in [6.07, 6.45) is 2.10. The van der Waals surface area contributed by atoms with Crippen molar-refractivity contribution in [3.8, 4) is 0 Å². The Morgan fingerprint density at radius 1 is 1.47 bits per heavy atom. The zero-order valence-electron chi connectivity index (χ0n) is 11.0. The largest absolute Gasteiger partial charge is 0.460 e. The fourth-order valence-electron chi connectivity index (χ4n) is 2.80. The van der Waals surface area contributed by atoms with Gasteiger partial charge in [0.1, 0.15) is 5.60 Å². The van der Waals surface area contributed by atoms with Gasteiger partial charge in [0, 0.05) is 25.1 Å². The SMILES string of the molecule is CC(C)(C)OC(=O)C1CNCC12CCCOC2. The molecule has 4 nitrogen and oxygen atoms in total. The summed E-state index contributed by atoms with van der Waals surface area (Å²) >= 11 is 0. The molecule has 1 spiro atoms. The summed E-state index contributed by atoms with van der Waals surface area (Å²) in [6.45, 7) is 8.84. The summed E-state index contributed by atoms with van der Waals surface area (Å²) in [4.78, 5) is 12.2. The van der Waals surface area contributed by atoms with Gasteiger partial charge < -0.3 is 14.8 Å². The molecule has 0 amide bonds. The van der Waals surface area contributed by atoms with E-state index in [4.69, 9.17) is 9.47 Å². The number of carbonyl (C=O) groups excluding carboxylic acids is 1. The van der Waals surface area contributed by atoms with Crippen LogP contribution in [0.2, 0.25) is 0 Å². The van der Waals surface area contributed by atoms with E-state index in [-0.39, 0.29) is 17.3 Å². The monoisotopic (exact) mass is 241 g/mol. The van der Waals surface area contributed by atoms with Crippen LogP contribution in [0.4, 0.5) is 0 Å². The number of nitrogens with one attached hydrogen (secondary N) is 1. The van der Waals surface area contributed by atoms with E-state index in [1.807, 2.05) is 20.8 Å². The molecule has 2 atom stereocenters. The molecule has 2 saturated heterocycles. The highest BCUT2D eigenvalue weighted by atomic mass is 16.6. The lowest BCUT2D eigenvalue weighted by Gasteiger charge is -2.37. The van der Waals surface area contributed by atoms with E-state index >= 15 is 0 Å². The average Bonchev–Trinajstić information content (AvgIpc) is 2.60. The van der Waals surface area contributed by atoms with E-state index in [1.165, 1.54) is 0 Å². The van der Waals surface area contributed by atoms with E-state index < -0.39 is 5.60 Å². The van der Waals surface area contributed by atoms with Crippen LogP contribution in [0.25, 0.3) is 0 Å². The normalized spacial score (nSPS) is 33.9. The predicted octanol–water partition coefficient (Wildman–Crippen LogP) is 1.34. The van der Waals surface area contributed by atoms with Crippen molar-refractivity contribution in [2.45, 2.75) is 39.2 Å². The van der Waals surface area contributed by atoms with Gasteiger partial charge in [-0.2, -0.15) is 0 Å². The van der Waals surface area contributed by atoms with Crippen LogP contribution in [0, 0.1) is 11.3 Å². The molecule has 1 N–H and O–H groups in total. The lowest BCUT2D eigenvalue weighted by Crippen LogP contribution is -2.44. The van der Waals surface area contributed by atoms with Crippen molar-refractivity contribution in [1.82, 2.24) is 5.32 Å². The van der Waals surface area contributed by atoms with Crippen molar-refractivity contribution < 1.29 is 14.3 Å². The molecule has 98 valence electrons. The Kier molecular flexibility index (Phi) is 3.46. The molecule has 2 heterocycles. The van der Waals surface area contributed by atoms with Crippen LogP contribution in [-0.2, 0) is 14.3 Å². The topological polar surface area (TPSA) is 47.6 Å². The summed E-state index contributed by atoms with van der Waals surface area (Å²) in [6, 6.07) is 0. The first kappa shape index (κ1) is 12.8. The Hall–Kier alpha value is -0.610. The van der Waals surface area contributed by atoms with Crippen LogP contribution in [0.5, 0.6) is 0 Å². The number of rotatable bonds is 1. The number of esters is 1. The Morgan fingerprint density at radius 3 is 2.82 bits per heavy atom. The van der Waals surface area contributed by atoms with Crippen molar-refractivity contribution in [3.63, 3.8) is 0 Å². The minimum absolute atomic E-state index is 0.0272. The lowest BCUT2D eigenvalue weighted by atomic mass is 9.74. The van der Waals surface area contributed by atoms with Gasteiger partial charge in [0.25, 0.3) is 0 Å². The molecule has 2 aliphatic heterocycles. The van der Waals surface area contributed by atoms with Crippen molar-refractivity contribution in [1.29, 1.82) is 0 Å². The Bertz CT molecular complexity index is 290. The van der Waals surface area contributed by atoms with Crippen LogP contribution in [0.3, 0.4) is 0 Å². The smallest absolute Gasteiger partial charge is 0.311 e. The second kappa shape index (κ2) is 4.58. The van der Waals surface area contributed by atoms with Crippen molar-refractivity contribution >= 4 is 5.97 Å². The molecule has 0 aromatic heterocycles. The standard InChI is InChI=1S/C13H23NO3/c1-12(2,3)17-11(15)10-7-14-8-13(10)5-4-6-16-9-13/h10,14H,4-9H2,1-3H3. The quantitative estimate of drug-likeness (QED) is 0.704. The molecule has 2 unspecified atom stereocenters. The summed E-state index contributed by atoms with van der Waals surface area (Å²) in [5.74, 6) is -0.130. The summed E-state index contributed by atoms with van der Waals surface area (Å²) in [7, 11) is 0. The van der Waals surface area contributed by atoms with Crippen molar-refractivity contribution in [2.24, 2.45) is 11.3 Å². The summed E-state index contributed by atoms with van der Waals surface area (Å²) in [5.41, 5.74) is -0.434. The molecular weight excluding hydrogens is 218 g/mol. The highest BCUT2D eigenvalue weighted by Crippen LogP contribution is 2.40. The second-order valence-electron chi connectivity index (χ2n) is 6.24. The van der Waals surface area contributed by atoms with E-state index in [2.05, 4.69) is 5.32 Å². The molecule has 2 rings (SSSR count). The third-order valence-electron chi connectivity index (χ3n) is 3.61. The van der Waals surface area contributed by atoms with Crippen LogP contribution in [0.15, 0.2) is 0 Å². The Morgan fingerprint density at radius 2 is 2.24 bits per heavy atom. The molecule has 0 aromatic rings. The van der Waals surface area contributed by atoms with E-state index in [9.17, 15) is 4.79 Å². The third kappa shape index (κ3) is 2.80. The number of carbonyl (C=O) groups is 1. The highest BCUT2D eigenvalue weighted by Gasteiger charge is 2.49. The fraction of sp³-hybridized carbons (Fsp3) is 0.923. The van der Waals surface area contributed by atoms with Crippen molar-refractivity contribution in [3.05, 3.63) is 0 Å². The summed E-state index contributed by atoms with van der Waals surface area (Å²) < 4.78 is 11.1. The molecule has 4 heteroatoms. The molecule has 0 radical (unpaired) electrons. The van der Waals surface area contributed by atoms with Gasteiger partial charge in [-0.1, -0.05) is 0 Å². The van der Waals surface area contributed by atoms with Gasteiger partial charge in [-0.25, -0.2) is 0 Å². The molecular formula is C13H23NO3. The fourth-order valence-corrected chi connectivity index (χ4v) is 2.80. The van der Waals surface area contributed by atoms with Gasteiger partial charge in [-0.3, -0.25) is 4.79 Å². The zero-order valence-corrected chi connectivity index (χ0v) is 11.0. The van der Waals surface area contributed by atoms with Crippen LogP contribution in [0.1, 0.15) is 33.6 Å². The number of ether oxygens (including phenoxy) is 2. The minimum Gasteiger partial charge on any atom is -0.460 e. The Balaban J connectivity index is 2.06. The first-order chi connectivity index (χ1) is 7.93. The Labute approximate surface area is 103 Å². The highest BCUT2D eigenvalue weighted by molar-refractivity contribution is 5.74. The number of hydrogen-bond acceptors (Lipinski definition) is 4. The molecule has 2 aliphatic rings. The van der Waals surface area contributed by atoms with E-state index in [0.29, 0.717) is 6.61 Å². The molecule has 17 heavy (non-hydrogen) atoms. The minimum atomic E-state index is -0.406. The second-order valence-corrected chi connectivity index (χ2v) is 6.24. The van der Waals surface area contributed by atoms with Gasteiger partial charge in [-0.15, -0.1) is 0 Å². The molecule has 0 bridgehead atoms. The average molecular weight is 241 g/mol. The molecule has 0 saturated carbocycles. The van der Waals surface area contributed by atoms with Crippen LogP contribution >= 0.6 is 0 Å². The molecule has 2 fully saturated rings. The van der Waals surface area contributed by atoms with E-state index in [1.54, 1.807) is 0 Å². The maximum atomic E-state index is 12.2.